The van der Waals surface area contributed by atoms with Crippen molar-refractivity contribution in [3.05, 3.63) is 86.3 Å². The summed E-state index contributed by atoms with van der Waals surface area (Å²) >= 11 is 6.24. The molecule has 12 heteroatoms. The van der Waals surface area contributed by atoms with E-state index in [1.807, 2.05) is 4.90 Å². The number of H-pyrrole nitrogens is 1. The van der Waals surface area contributed by atoms with Crippen LogP contribution in [0.2, 0.25) is 5.02 Å². The zero-order valence-electron chi connectivity index (χ0n) is 22.7. The van der Waals surface area contributed by atoms with Gasteiger partial charge in [-0.1, -0.05) is 17.7 Å². The van der Waals surface area contributed by atoms with Gasteiger partial charge in [0.15, 0.2) is 0 Å². The number of nitrogens with two attached hydrogens (primary N) is 1. The molecule has 1 fully saturated rings. The first-order valence-electron chi connectivity index (χ1n) is 13.8. The number of aromatic amines is 1. The Hall–Kier alpha value is -4.09. The van der Waals surface area contributed by atoms with Gasteiger partial charge in [-0.25, -0.2) is 14.4 Å². The Morgan fingerprint density at radius 1 is 1.17 bits per heavy atom. The van der Waals surface area contributed by atoms with Crippen molar-refractivity contribution >= 4 is 23.3 Å². The number of rotatable bonds is 5. The number of amides is 1. The summed E-state index contributed by atoms with van der Waals surface area (Å²) < 4.78 is 37.2. The molecule has 3 aromatic heterocycles. The SMILES string of the molecule is COCCN1C(=O)c2c(cc(=O)n3c2CC[C@H]3c2ncc(-c3ccc(N)nc3F)[nH]2)-c2c(ccc(Cl)c2F)CC12CC2. The van der Waals surface area contributed by atoms with Gasteiger partial charge in [0.2, 0.25) is 5.95 Å². The van der Waals surface area contributed by atoms with Crippen molar-refractivity contribution in [3.63, 3.8) is 0 Å². The standard InChI is InChI=1S/C30H27ClF2N6O3/c1-42-11-10-38-29(41)25-17(24-15(13-30(38)8-9-30)2-4-18(31)26(24)32)12-23(40)39-20(25)5-6-21(39)28-35-14-19(36-28)16-3-7-22(34)37-27(16)33/h2-4,7,12,14,21H,5-6,8-11,13H2,1H3,(H2,34,37)(H,35,36)/t21-/m0/s1. The number of aromatic nitrogens is 4. The molecule has 1 aromatic carbocycles. The number of hydrogen-bond donors (Lipinski definition) is 2. The third-order valence-corrected chi connectivity index (χ3v) is 9.03. The third-order valence-electron chi connectivity index (χ3n) is 8.74. The number of nitrogens with zero attached hydrogens (tertiary/aromatic N) is 4. The minimum absolute atomic E-state index is 0.0558. The van der Waals surface area contributed by atoms with E-state index in [0.29, 0.717) is 60.8 Å². The molecular weight excluding hydrogens is 566 g/mol. The largest absolute Gasteiger partial charge is 0.384 e. The Bertz CT molecular complexity index is 1830. The highest BCUT2D eigenvalue weighted by atomic mass is 35.5. The number of methoxy groups -OCH3 is 1. The number of benzene rings is 1. The van der Waals surface area contributed by atoms with Gasteiger partial charge in [0, 0.05) is 42.1 Å². The van der Waals surface area contributed by atoms with Crippen molar-refractivity contribution in [2.75, 3.05) is 26.0 Å². The van der Waals surface area contributed by atoms with Crippen LogP contribution >= 0.6 is 11.6 Å². The van der Waals surface area contributed by atoms with E-state index in [0.717, 1.165) is 12.8 Å². The first-order chi connectivity index (χ1) is 20.2. The fourth-order valence-electron chi connectivity index (χ4n) is 6.59. The lowest BCUT2D eigenvalue weighted by molar-refractivity contribution is 0.0561. The van der Waals surface area contributed by atoms with Crippen LogP contribution in [0.4, 0.5) is 14.6 Å². The highest BCUT2D eigenvalue weighted by Crippen LogP contribution is 2.50. The summed E-state index contributed by atoms with van der Waals surface area (Å²) in [6.45, 7) is 0.707. The van der Waals surface area contributed by atoms with Gasteiger partial charge in [-0.15, -0.1) is 0 Å². The molecule has 5 heterocycles. The van der Waals surface area contributed by atoms with Gasteiger partial charge in [0.1, 0.15) is 17.5 Å². The summed E-state index contributed by atoms with van der Waals surface area (Å²) in [7, 11) is 1.58. The smallest absolute Gasteiger partial charge is 0.256 e. The molecular formula is C30H27ClF2N6O3. The van der Waals surface area contributed by atoms with Crippen LogP contribution in [0.1, 0.15) is 52.7 Å². The second-order valence-electron chi connectivity index (χ2n) is 11.1. The van der Waals surface area contributed by atoms with E-state index in [2.05, 4.69) is 15.0 Å². The third kappa shape index (κ3) is 4.05. The lowest BCUT2D eigenvalue weighted by atomic mass is 9.86. The minimum atomic E-state index is -0.745. The molecule has 1 saturated carbocycles. The zero-order chi connectivity index (χ0) is 29.3. The van der Waals surface area contributed by atoms with Crippen LogP contribution in [0, 0.1) is 11.8 Å². The summed E-state index contributed by atoms with van der Waals surface area (Å²) in [6.07, 6.45) is 4.34. The van der Waals surface area contributed by atoms with E-state index in [-0.39, 0.29) is 33.4 Å². The van der Waals surface area contributed by atoms with Crippen molar-refractivity contribution in [3.8, 4) is 22.4 Å². The van der Waals surface area contributed by atoms with E-state index in [4.69, 9.17) is 22.1 Å². The summed E-state index contributed by atoms with van der Waals surface area (Å²) in [4.78, 5) is 41.3. The lowest BCUT2D eigenvalue weighted by Gasteiger charge is -2.36. The van der Waals surface area contributed by atoms with E-state index < -0.39 is 28.9 Å². The Morgan fingerprint density at radius 2 is 1.98 bits per heavy atom. The van der Waals surface area contributed by atoms with Crippen LogP contribution in [0.25, 0.3) is 22.4 Å². The molecule has 0 saturated heterocycles. The van der Waals surface area contributed by atoms with E-state index >= 15 is 4.39 Å². The number of ether oxygens (including phenoxy) is 1. The predicted octanol–water partition coefficient (Wildman–Crippen LogP) is 4.53. The van der Waals surface area contributed by atoms with Gasteiger partial charge in [0.05, 0.1) is 40.7 Å². The summed E-state index contributed by atoms with van der Waals surface area (Å²) in [5.41, 5.74) is 7.27. The van der Waals surface area contributed by atoms with Crippen LogP contribution in [-0.4, -0.2) is 56.1 Å². The summed E-state index contributed by atoms with van der Waals surface area (Å²) in [6, 6.07) is 7.10. The molecule has 216 valence electrons. The number of nitrogens with one attached hydrogen (secondary N) is 1. The van der Waals surface area contributed by atoms with Gasteiger partial charge >= 0.3 is 0 Å². The molecule has 1 amide bonds. The van der Waals surface area contributed by atoms with Crippen molar-refractivity contribution in [2.45, 2.75) is 43.7 Å². The van der Waals surface area contributed by atoms with Crippen LogP contribution < -0.4 is 11.3 Å². The van der Waals surface area contributed by atoms with E-state index in [1.54, 1.807) is 17.7 Å². The van der Waals surface area contributed by atoms with Crippen LogP contribution in [-0.2, 0) is 17.6 Å². The molecule has 1 atom stereocenters. The predicted molar refractivity (Wildman–Crippen MR) is 152 cm³/mol. The number of carbonyl (C=O) groups excluding carboxylic acids is 1. The Morgan fingerprint density at radius 3 is 2.71 bits per heavy atom. The van der Waals surface area contributed by atoms with Gasteiger partial charge < -0.3 is 24.9 Å². The van der Waals surface area contributed by atoms with Crippen molar-refractivity contribution in [1.82, 2.24) is 24.4 Å². The fraction of sp³-hybridized carbons (Fsp3) is 0.333. The molecule has 7 rings (SSSR count). The number of pyridine rings is 2. The highest BCUT2D eigenvalue weighted by molar-refractivity contribution is 6.31. The normalized spacial score (nSPS) is 18.4. The maximum atomic E-state index is 15.8. The number of fused-ring (bicyclic) bond motifs is 5. The molecule has 0 radical (unpaired) electrons. The molecule has 1 spiro atoms. The van der Waals surface area contributed by atoms with E-state index in [9.17, 15) is 14.0 Å². The number of nitrogen functional groups attached to an aromatic ring is 1. The fourth-order valence-corrected chi connectivity index (χ4v) is 6.75. The van der Waals surface area contributed by atoms with Crippen molar-refractivity contribution in [1.29, 1.82) is 0 Å². The average molecular weight is 593 g/mol. The van der Waals surface area contributed by atoms with Crippen LogP contribution in [0.3, 0.4) is 0 Å². The van der Waals surface area contributed by atoms with Crippen molar-refractivity contribution < 1.29 is 18.3 Å². The van der Waals surface area contributed by atoms with Gasteiger partial charge in [-0.05, 0) is 55.9 Å². The number of anilines is 1. The Balaban J connectivity index is 1.40. The van der Waals surface area contributed by atoms with Crippen LogP contribution in [0.5, 0.6) is 0 Å². The molecule has 9 nitrogen and oxygen atoms in total. The minimum Gasteiger partial charge on any atom is -0.384 e. The lowest BCUT2D eigenvalue weighted by Crippen LogP contribution is -2.47. The maximum absolute atomic E-state index is 15.8. The second kappa shape index (κ2) is 9.74. The number of imidazole rings is 1. The molecule has 0 bridgehead atoms. The monoisotopic (exact) mass is 592 g/mol. The summed E-state index contributed by atoms with van der Waals surface area (Å²) in [5.74, 6) is -1.15. The second-order valence-corrected chi connectivity index (χ2v) is 11.6. The van der Waals surface area contributed by atoms with Gasteiger partial charge in [-0.2, -0.15) is 4.39 Å². The molecule has 0 unspecified atom stereocenters. The molecule has 3 aliphatic rings. The Kier molecular flexibility index (Phi) is 6.21. The quantitative estimate of drug-likeness (QED) is 0.329. The topological polar surface area (TPSA) is 119 Å². The molecule has 1 aliphatic carbocycles. The molecule has 42 heavy (non-hydrogen) atoms. The average Bonchev–Trinajstić information content (AvgIpc) is 3.34. The van der Waals surface area contributed by atoms with Crippen LogP contribution in [0.15, 0.2) is 41.3 Å². The first-order valence-corrected chi connectivity index (χ1v) is 14.1. The van der Waals surface area contributed by atoms with Crippen molar-refractivity contribution in [2.24, 2.45) is 0 Å². The number of halogens is 3. The zero-order valence-corrected chi connectivity index (χ0v) is 23.5. The molecule has 4 aromatic rings. The number of hydrogen-bond acceptors (Lipinski definition) is 6. The maximum Gasteiger partial charge on any atom is 0.256 e. The number of carbonyl (C=O) groups is 1. The Labute approximate surface area is 244 Å². The summed E-state index contributed by atoms with van der Waals surface area (Å²) in [5, 5.41) is -0.0696. The molecule has 3 N–H and O–H groups in total. The molecule has 2 aliphatic heterocycles. The van der Waals surface area contributed by atoms with E-state index in [1.165, 1.54) is 30.5 Å². The van der Waals surface area contributed by atoms with Gasteiger partial charge in [-0.3, -0.25) is 9.59 Å². The first kappa shape index (κ1) is 26.8. The highest BCUT2D eigenvalue weighted by Gasteiger charge is 2.52. The van der Waals surface area contributed by atoms with Gasteiger partial charge in [0.25, 0.3) is 11.5 Å².